The fourth-order valence-electron chi connectivity index (χ4n) is 3.94. The Morgan fingerprint density at radius 2 is 2.00 bits per heavy atom. The third-order valence-corrected chi connectivity index (χ3v) is 6.52. The fraction of sp³-hybridized carbons (Fsp3) is 0.571. The van der Waals surface area contributed by atoms with Crippen molar-refractivity contribution >= 4 is 27.5 Å². The van der Waals surface area contributed by atoms with Gasteiger partial charge in [-0.05, 0) is 48.8 Å². The van der Waals surface area contributed by atoms with Crippen molar-refractivity contribution in [2.75, 3.05) is 0 Å². The molecule has 90 valence electrons. The molecule has 0 N–H and O–H groups in total. The van der Waals surface area contributed by atoms with Gasteiger partial charge in [0.25, 0.3) is 0 Å². The first-order valence-corrected chi connectivity index (χ1v) is 7.58. The first kappa shape index (κ1) is 10.8. The molecule has 3 aliphatic rings. The number of ether oxygens (including phenoxy) is 1. The van der Waals surface area contributed by atoms with Gasteiger partial charge in [0.2, 0.25) is 0 Å². The highest BCUT2D eigenvalue weighted by molar-refractivity contribution is 9.09. The Morgan fingerprint density at radius 3 is 2.65 bits per heavy atom. The summed E-state index contributed by atoms with van der Waals surface area (Å²) in [5.74, 6) is 1.59. The Labute approximate surface area is 115 Å². The number of hydrogen-bond acceptors (Lipinski definition) is 1. The minimum atomic E-state index is 0.108. The van der Waals surface area contributed by atoms with E-state index in [2.05, 4.69) is 28.1 Å². The molecule has 1 saturated heterocycles. The van der Waals surface area contributed by atoms with E-state index in [1.165, 1.54) is 24.8 Å². The predicted molar refractivity (Wildman–Crippen MR) is 71.6 cm³/mol. The number of hydrogen-bond donors (Lipinski definition) is 0. The van der Waals surface area contributed by atoms with Gasteiger partial charge < -0.3 is 4.74 Å². The normalized spacial score (nSPS) is 46.7. The van der Waals surface area contributed by atoms with Crippen LogP contribution in [-0.2, 0) is 4.74 Å². The van der Waals surface area contributed by atoms with Crippen LogP contribution < -0.4 is 0 Å². The molecule has 1 spiro atoms. The quantitative estimate of drug-likeness (QED) is 0.555. The van der Waals surface area contributed by atoms with Crippen LogP contribution in [0.15, 0.2) is 24.3 Å². The first-order chi connectivity index (χ1) is 8.22. The summed E-state index contributed by atoms with van der Waals surface area (Å²) in [4.78, 5) is 0.550. The van der Waals surface area contributed by atoms with E-state index in [1.807, 2.05) is 12.1 Å². The maximum absolute atomic E-state index is 6.15. The molecule has 1 aromatic carbocycles. The predicted octanol–water partition coefficient (Wildman–Crippen LogP) is 4.34. The van der Waals surface area contributed by atoms with Crippen molar-refractivity contribution in [3.63, 3.8) is 0 Å². The SMILES string of the molecule is Clc1ccc([C@H]2O[C@@]23[C@@H]2CC[C@@H](C2)[C@H]3Br)cc1. The Hall–Kier alpha value is -0.0500. The Bertz CT molecular complexity index is 456. The van der Waals surface area contributed by atoms with Crippen molar-refractivity contribution < 1.29 is 4.74 Å². The topological polar surface area (TPSA) is 12.5 Å². The molecule has 3 fully saturated rings. The molecular formula is C14H14BrClO. The molecule has 17 heavy (non-hydrogen) atoms. The van der Waals surface area contributed by atoms with Gasteiger partial charge in [-0.3, -0.25) is 0 Å². The highest BCUT2D eigenvalue weighted by atomic mass is 79.9. The average Bonchev–Trinajstić information content (AvgIpc) is 2.77. The van der Waals surface area contributed by atoms with Gasteiger partial charge in [0.15, 0.2) is 0 Å². The summed E-state index contributed by atoms with van der Waals surface area (Å²) in [6.07, 6.45) is 4.36. The lowest BCUT2D eigenvalue weighted by Crippen LogP contribution is -2.32. The van der Waals surface area contributed by atoms with E-state index in [4.69, 9.17) is 16.3 Å². The molecule has 4 rings (SSSR count). The molecule has 1 heterocycles. The van der Waals surface area contributed by atoms with Gasteiger partial charge in [-0.1, -0.05) is 39.7 Å². The summed E-state index contributed by atoms with van der Waals surface area (Å²) in [5, 5.41) is 0.798. The standard InChI is InChI=1S/C14H14BrClO/c15-12-9-1-4-10(7-9)14(12)13(17-14)8-2-5-11(16)6-3-8/h2-3,5-6,9-10,12-13H,1,4,7H2/t9-,10+,12+,13+,14+/m0/s1. The molecule has 3 heteroatoms. The third kappa shape index (κ3) is 1.35. The molecule has 2 aliphatic carbocycles. The lowest BCUT2D eigenvalue weighted by atomic mass is 9.84. The van der Waals surface area contributed by atoms with E-state index < -0.39 is 0 Å². The van der Waals surface area contributed by atoms with Gasteiger partial charge in [0.1, 0.15) is 11.7 Å². The number of epoxide rings is 1. The van der Waals surface area contributed by atoms with Gasteiger partial charge in [-0.15, -0.1) is 0 Å². The maximum Gasteiger partial charge on any atom is 0.115 e. The average molecular weight is 314 g/mol. The lowest BCUT2D eigenvalue weighted by molar-refractivity contribution is 0.224. The van der Waals surface area contributed by atoms with Gasteiger partial charge >= 0.3 is 0 Å². The Balaban J connectivity index is 1.65. The van der Waals surface area contributed by atoms with Crippen LogP contribution in [0.3, 0.4) is 0 Å². The van der Waals surface area contributed by atoms with Gasteiger partial charge in [0, 0.05) is 9.85 Å². The van der Waals surface area contributed by atoms with Crippen molar-refractivity contribution in [1.82, 2.24) is 0 Å². The molecule has 0 aromatic heterocycles. The molecule has 5 atom stereocenters. The minimum Gasteiger partial charge on any atom is -0.359 e. The fourth-order valence-corrected chi connectivity index (χ4v) is 5.27. The number of halogens is 2. The van der Waals surface area contributed by atoms with Crippen molar-refractivity contribution in [1.29, 1.82) is 0 Å². The molecule has 1 nitrogen and oxygen atoms in total. The summed E-state index contributed by atoms with van der Waals surface area (Å²) in [6, 6.07) is 8.13. The van der Waals surface area contributed by atoms with Crippen LogP contribution >= 0.6 is 27.5 Å². The van der Waals surface area contributed by atoms with E-state index in [1.54, 1.807) is 0 Å². The molecule has 1 aliphatic heterocycles. The Morgan fingerprint density at radius 1 is 1.24 bits per heavy atom. The molecule has 1 aromatic rings. The van der Waals surface area contributed by atoms with Crippen LogP contribution in [0, 0.1) is 11.8 Å². The van der Waals surface area contributed by atoms with E-state index in [-0.39, 0.29) is 5.60 Å². The van der Waals surface area contributed by atoms with Gasteiger partial charge in [-0.2, -0.15) is 0 Å². The van der Waals surface area contributed by atoms with E-state index in [0.717, 1.165) is 16.9 Å². The number of benzene rings is 1. The first-order valence-electron chi connectivity index (χ1n) is 6.29. The largest absolute Gasteiger partial charge is 0.359 e. The lowest BCUT2D eigenvalue weighted by Gasteiger charge is -2.24. The summed E-state index contributed by atoms with van der Waals surface area (Å²) < 4.78 is 6.15. The third-order valence-electron chi connectivity index (χ3n) is 4.80. The van der Waals surface area contributed by atoms with E-state index >= 15 is 0 Å². The summed E-state index contributed by atoms with van der Waals surface area (Å²) in [7, 11) is 0. The smallest absolute Gasteiger partial charge is 0.115 e. The van der Waals surface area contributed by atoms with Gasteiger partial charge in [-0.25, -0.2) is 0 Å². The maximum atomic E-state index is 6.15. The molecule has 0 unspecified atom stereocenters. The highest BCUT2D eigenvalue weighted by Gasteiger charge is 2.72. The summed E-state index contributed by atoms with van der Waals surface area (Å²) >= 11 is 9.81. The van der Waals surface area contributed by atoms with Crippen molar-refractivity contribution in [2.45, 2.75) is 35.8 Å². The van der Waals surface area contributed by atoms with Crippen LogP contribution in [0.4, 0.5) is 0 Å². The minimum absolute atomic E-state index is 0.108. The van der Waals surface area contributed by atoms with Crippen molar-refractivity contribution in [3.8, 4) is 0 Å². The van der Waals surface area contributed by atoms with Crippen LogP contribution in [0.5, 0.6) is 0 Å². The number of rotatable bonds is 1. The van der Waals surface area contributed by atoms with Gasteiger partial charge in [0.05, 0.1) is 0 Å². The summed E-state index contributed by atoms with van der Waals surface area (Å²) in [5.41, 5.74) is 1.39. The summed E-state index contributed by atoms with van der Waals surface area (Å²) in [6.45, 7) is 0. The molecule has 0 radical (unpaired) electrons. The molecule has 2 saturated carbocycles. The van der Waals surface area contributed by atoms with Crippen LogP contribution in [-0.4, -0.2) is 10.4 Å². The van der Waals surface area contributed by atoms with Crippen molar-refractivity contribution in [3.05, 3.63) is 34.9 Å². The molecule has 0 amide bonds. The zero-order valence-corrected chi connectivity index (χ0v) is 11.7. The molecule has 2 bridgehead atoms. The second-order valence-electron chi connectivity index (χ2n) is 5.57. The second kappa shape index (κ2) is 3.49. The van der Waals surface area contributed by atoms with E-state index in [9.17, 15) is 0 Å². The molecular weight excluding hydrogens is 300 g/mol. The van der Waals surface area contributed by atoms with Crippen LogP contribution in [0.25, 0.3) is 0 Å². The van der Waals surface area contributed by atoms with Crippen LogP contribution in [0.1, 0.15) is 30.9 Å². The number of fused-ring (bicyclic) bond motifs is 3. The van der Waals surface area contributed by atoms with E-state index in [0.29, 0.717) is 10.9 Å². The monoisotopic (exact) mass is 312 g/mol. The second-order valence-corrected chi connectivity index (χ2v) is 7.00. The van der Waals surface area contributed by atoms with Crippen LogP contribution in [0.2, 0.25) is 5.02 Å². The zero-order chi connectivity index (χ0) is 11.6. The zero-order valence-electron chi connectivity index (χ0n) is 9.40. The van der Waals surface area contributed by atoms with Crippen molar-refractivity contribution in [2.24, 2.45) is 11.8 Å². The number of alkyl halides is 1. The Kier molecular flexibility index (Phi) is 2.23. The highest BCUT2D eigenvalue weighted by Crippen LogP contribution is 2.69.